The molecular weight excluding hydrogens is 454 g/mol. The van der Waals surface area contributed by atoms with Crippen LogP contribution in [0.1, 0.15) is 24.8 Å². The van der Waals surface area contributed by atoms with Gasteiger partial charge in [-0.25, -0.2) is 13.1 Å². The number of hydrogen-bond donors (Lipinski definition) is 2. The number of rotatable bonds is 11. The van der Waals surface area contributed by atoms with E-state index in [1.54, 1.807) is 29.2 Å². The number of sulfonamides is 1. The van der Waals surface area contributed by atoms with Crippen molar-refractivity contribution < 1.29 is 22.7 Å². The lowest BCUT2D eigenvalue weighted by atomic mass is 9.95. The van der Waals surface area contributed by atoms with Crippen LogP contribution in [0.5, 0.6) is 5.75 Å². The molecule has 2 amide bonds. The number of anilines is 1. The number of piperidine rings is 1. The molecule has 9 heteroatoms. The Kier molecular flexibility index (Phi) is 9.24. The minimum atomic E-state index is -3.43. The van der Waals surface area contributed by atoms with Crippen LogP contribution in [0.25, 0.3) is 0 Å². The predicted octanol–water partition coefficient (Wildman–Crippen LogP) is 2.94. The second-order valence-corrected chi connectivity index (χ2v) is 9.96. The van der Waals surface area contributed by atoms with Gasteiger partial charge in [0.1, 0.15) is 5.75 Å². The van der Waals surface area contributed by atoms with Crippen LogP contribution in [0.3, 0.4) is 0 Å². The molecule has 0 atom stereocenters. The second kappa shape index (κ2) is 12.3. The first-order chi connectivity index (χ1) is 16.4. The number of ether oxygens (including phenoxy) is 1. The highest BCUT2D eigenvalue weighted by Crippen LogP contribution is 2.21. The van der Waals surface area contributed by atoms with Gasteiger partial charge in [-0.2, -0.15) is 0 Å². The zero-order valence-corrected chi connectivity index (χ0v) is 19.9. The number of hydrogen-bond acceptors (Lipinski definition) is 5. The molecule has 2 aromatic carbocycles. The number of carbonyl (C=O) groups excluding carboxylic acids is 2. The predicted molar refractivity (Wildman–Crippen MR) is 132 cm³/mol. The minimum absolute atomic E-state index is 0.0305. The van der Waals surface area contributed by atoms with Crippen LogP contribution >= 0.6 is 0 Å². The van der Waals surface area contributed by atoms with E-state index in [9.17, 15) is 18.0 Å². The van der Waals surface area contributed by atoms with Crippen molar-refractivity contribution in [3.63, 3.8) is 0 Å². The first kappa shape index (κ1) is 25.5. The Morgan fingerprint density at radius 2 is 1.74 bits per heavy atom. The molecule has 182 valence electrons. The molecule has 1 fully saturated rings. The molecule has 0 aliphatic carbocycles. The largest absolute Gasteiger partial charge is 0.493 e. The van der Waals surface area contributed by atoms with Crippen molar-refractivity contribution in [1.29, 1.82) is 0 Å². The first-order valence-corrected chi connectivity index (χ1v) is 12.9. The van der Waals surface area contributed by atoms with Crippen LogP contribution in [0.15, 0.2) is 67.3 Å². The monoisotopic (exact) mass is 485 g/mol. The summed E-state index contributed by atoms with van der Waals surface area (Å²) in [4.78, 5) is 26.9. The summed E-state index contributed by atoms with van der Waals surface area (Å²) in [5, 5.41) is 2.89. The number of amides is 2. The first-order valence-electron chi connectivity index (χ1n) is 11.3. The maximum atomic E-state index is 12.7. The van der Waals surface area contributed by atoms with Gasteiger partial charge in [0.25, 0.3) is 0 Å². The maximum absolute atomic E-state index is 12.7. The summed E-state index contributed by atoms with van der Waals surface area (Å²) in [6, 6.07) is 16.1. The molecule has 8 nitrogen and oxygen atoms in total. The van der Waals surface area contributed by atoms with Crippen molar-refractivity contribution in [3.05, 3.63) is 72.8 Å². The van der Waals surface area contributed by atoms with E-state index in [1.165, 1.54) is 6.08 Å². The molecule has 0 bridgehead atoms. The molecule has 0 aromatic heterocycles. The van der Waals surface area contributed by atoms with Crippen molar-refractivity contribution in [3.8, 4) is 5.75 Å². The van der Waals surface area contributed by atoms with Gasteiger partial charge in [-0.15, -0.1) is 6.58 Å². The van der Waals surface area contributed by atoms with Crippen molar-refractivity contribution in [2.75, 3.05) is 31.6 Å². The molecule has 1 aliphatic rings. The lowest BCUT2D eigenvalue weighted by molar-refractivity contribution is -0.135. The molecule has 2 aromatic rings. The summed E-state index contributed by atoms with van der Waals surface area (Å²) in [6.07, 6.45) is 2.98. The molecule has 1 saturated heterocycles. The van der Waals surface area contributed by atoms with Gasteiger partial charge in [0.15, 0.2) is 0 Å². The standard InChI is InChI=1S/C25H31N3O5S/c1-2-15-26-34(31,32)19-20-8-10-22(11-9-20)27-25(30)21-12-16-28(17-13-21)24(29)14-18-33-23-6-4-3-5-7-23/h2-11,21,26H,1,12-19H2,(H,27,30). The highest BCUT2D eigenvalue weighted by Gasteiger charge is 2.27. The van der Waals surface area contributed by atoms with E-state index >= 15 is 0 Å². The number of likely N-dealkylation sites (tertiary alicyclic amines) is 1. The van der Waals surface area contributed by atoms with Gasteiger partial charge in [-0.05, 0) is 42.7 Å². The van der Waals surface area contributed by atoms with E-state index in [4.69, 9.17) is 4.74 Å². The molecule has 34 heavy (non-hydrogen) atoms. The lowest BCUT2D eigenvalue weighted by Crippen LogP contribution is -2.41. The fourth-order valence-electron chi connectivity index (χ4n) is 3.71. The molecular formula is C25H31N3O5S. The van der Waals surface area contributed by atoms with Gasteiger partial charge in [0.2, 0.25) is 21.8 Å². The molecule has 3 rings (SSSR count). The van der Waals surface area contributed by atoms with Gasteiger partial charge < -0.3 is 15.0 Å². The number of carbonyl (C=O) groups is 2. The zero-order chi connectivity index (χ0) is 24.4. The smallest absolute Gasteiger partial charge is 0.227 e. The van der Waals surface area contributed by atoms with Crippen LogP contribution < -0.4 is 14.8 Å². The highest BCUT2D eigenvalue weighted by atomic mass is 32.2. The van der Waals surface area contributed by atoms with Gasteiger partial charge in [-0.1, -0.05) is 36.4 Å². The Morgan fingerprint density at radius 1 is 1.06 bits per heavy atom. The fourth-order valence-corrected chi connectivity index (χ4v) is 4.81. The normalized spacial score (nSPS) is 14.4. The van der Waals surface area contributed by atoms with Crippen molar-refractivity contribution in [2.45, 2.75) is 25.0 Å². The van der Waals surface area contributed by atoms with Gasteiger partial charge in [-0.3, -0.25) is 9.59 Å². The van der Waals surface area contributed by atoms with Crippen molar-refractivity contribution >= 4 is 27.5 Å². The summed E-state index contributed by atoms with van der Waals surface area (Å²) < 4.78 is 31.9. The Balaban J connectivity index is 1.40. The fraction of sp³-hybridized carbons (Fsp3) is 0.360. The minimum Gasteiger partial charge on any atom is -0.493 e. The maximum Gasteiger partial charge on any atom is 0.227 e. The highest BCUT2D eigenvalue weighted by molar-refractivity contribution is 7.88. The van der Waals surface area contributed by atoms with E-state index < -0.39 is 10.0 Å². The molecule has 0 unspecified atom stereocenters. The Labute approximate surface area is 201 Å². The summed E-state index contributed by atoms with van der Waals surface area (Å²) in [6.45, 7) is 5.08. The molecule has 0 radical (unpaired) electrons. The zero-order valence-electron chi connectivity index (χ0n) is 19.1. The van der Waals surface area contributed by atoms with E-state index in [-0.39, 0.29) is 30.0 Å². The Bertz CT molecular complexity index is 1060. The number of nitrogens with zero attached hydrogens (tertiary/aromatic N) is 1. The summed E-state index contributed by atoms with van der Waals surface area (Å²) in [5.41, 5.74) is 1.24. The number of benzene rings is 2. The van der Waals surface area contributed by atoms with E-state index in [1.807, 2.05) is 30.3 Å². The van der Waals surface area contributed by atoms with Crippen LogP contribution in [0.2, 0.25) is 0 Å². The number of para-hydroxylation sites is 1. The summed E-state index contributed by atoms with van der Waals surface area (Å²) in [5.74, 6) is 0.366. The van der Waals surface area contributed by atoms with Crippen molar-refractivity contribution in [2.24, 2.45) is 5.92 Å². The SMILES string of the molecule is C=CCNS(=O)(=O)Cc1ccc(NC(=O)C2CCN(C(=O)CCOc3ccccc3)CC2)cc1. The lowest BCUT2D eigenvalue weighted by Gasteiger charge is -2.31. The molecule has 0 spiro atoms. The number of nitrogens with one attached hydrogen (secondary N) is 2. The summed E-state index contributed by atoms with van der Waals surface area (Å²) in [7, 11) is -3.43. The third-order valence-corrected chi connectivity index (χ3v) is 6.89. The summed E-state index contributed by atoms with van der Waals surface area (Å²) >= 11 is 0. The second-order valence-electron chi connectivity index (χ2n) is 8.15. The Morgan fingerprint density at radius 3 is 2.38 bits per heavy atom. The van der Waals surface area contributed by atoms with Crippen LogP contribution in [0.4, 0.5) is 5.69 Å². The van der Waals surface area contributed by atoms with E-state index in [2.05, 4.69) is 16.6 Å². The Hall–Kier alpha value is -3.17. The molecule has 1 heterocycles. The van der Waals surface area contributed by atoms with Gasteiger partial charge in [0, 0.05) is 31.2 Å². The quantitative estimate of drug-likeness (QED) is 0.476. The van der Waals surface area contributed by atoms with Gasteiger partial charge >= 0.3 is 0 Å². The van der Waals surface area contributed by atoms with E-state index in [0.29, 0.717) is 50.2 Å². The van der Waals surface area contributed by atoms with Gasteiger partial charge in [0.05, 0.1) is 18.8 Å². The van der Waals surface area contributed by atoms with E-state index in [0.717, 1.165) is 5.75 Å². The molecule has 0 saturated carbocycles. The van der Waals surface area contributed by atoms with Crippen LogP contribution in [0, 0.1) is 5.92 Å². The van der Waals surface area contributed by atoms with Crippen LogP contribution in [-0.2, 0) is 25.4 Å². The third kappa shape index (κ3) is 8.00. The average molecular weight is 486 g/mol. The molecule has 1 aliphatic heterocycles. The topological polar surface area (TPSA) is 105 Å². The van der Waals surface area contributed by atoms with Crippen LogP contribution in [-0.4, -0.2) is 51.4 Å². The third-order valence-electron chi connectivity index (χ3n) is 5.57. The van der Waals surface area contributed by atoms with Crippen molar-refractivity contribution in [1.82, 2.24) is 9.62 Å². The average Bonchev–Trinajstić information content (AvgIpc) is 2.84. The molecule has 2 N–H and O–H groups in total.